The van der Waals surface area contributed by atoms with Gasteiger partial charge in [-0.05, 0) is 23.9 Å². The average Bonchev–Trinajstić information content (AvgIpc) is 2.10. The molecule has 3 nitrogen and oxygen atoms in total. The van der Waals surface area contributed by atoms with Crippen LogP contribution >= 0.6 is 23.4 Å². The van der Waals surface area contributed by atoms with E-state index in [-0.39, 0.29) is 0 Å². The summed E-state index contributed by atoms with van der Waals surface area (Å²) in [6, 6.07) is 3.21. The first-order valence-electron chi connectivity index (χ1n) is 3.38. The van der Waals surface area contributed by atoms with E-state index in [1.54, 1.807) is 12.1 Å². The van der Waals surface area contributed by atoms with Crippen LogP contribution in [0.5, 0.6) is 5.75 Å². The fourth-order valence-corrected chi connectivity index (χ4v) is 1.56. The third-order valence-corrected chi connectivity index (χ3v) is 2.51. The Labute approximate surface area is 85.4 Å². The highest BCUT2D eigenvalue weighted by molar-refractivity contribution is 8.03. The van der Waals surface area contributed by atoms with E-state index < -0.39 is 0 Å². The molecule has 1 rings (SSSR count). The van der Waals surface area contributed by atoms with E-state index in [0.29, 0.717) is 21.4 Å². The number of hydrogen-bond acceptors (Lipinski definition) is 4. The van der Waals surface area contributed by atoms with Crippen LogP contribution in [0.2, 0.25) is 5.02 Å². The third-order valence-electron chi connectivity index (χ3n) is 1.44. The van der Waals surface area contributed by atoms with E-state index in [9.17, 15) is 0 Å². The van der Waals surface area contributed by atoms with Crippen molar-refractivity contribution in [2.24, 2.45) is 0 Å². The first kappa shape index (κ1) is 10.0. The van der Waals surface area contributed by atoms with E-state index in [4.69, 9.17) is 27.3 Å². The van der Waals surface area contributed by atoms with Gasteiger partial charge in [0.05, 0.1) is 17.8 Å². The van der Waals surface area contributed by atoms with Crippen molar-refractivity contribution in [3.05, 3.63) is 17.2 Å². The Morgan fingerprint density at radius 1 is 1.62 bits per heavy atom. The van der Waals surface area contributed by atoms with Crippen LogP contribution in [0.25, 0.3) is 0 Å². The van der Waals surface area contributed by atoms with Gasteiger partial charge < -0.3 is 10.5 Å². The van der Waals surface area contributed by atoms with E-state index in [0.717, 1.165) is 11.8 Å². The van der Waals surface area contributed by atoms with Gasteiger partial charge in [0.15, 0.2) is 0 Å². The summed E-state index contributed by atoms with van der Waals surface area (Å²) in [7, 11) is 1.51. The summed E-state index contributed by atoms with van der Waals surface area (Å²) in [5.74, 6) is 0.530. The van der Waals surface area contributed by atoms with Gasteiger partial charge in [-0.25, -0.2) is 0 Å². The molecular weight excluding hydrogens is 208 g/mol. The minimum absolute atomic E-state index is 0.463. The molecule has 1 aromatic rings. The maximum atomic E-state index is 8.46. The van der Waals surface area contributed by atoms with Crippen molar-refractivity contribution in [1.82, 2.24) is 0 Å². The number of nitrogen functional groups attached to an aromatic ring is 1. The summed E-state index contributed by atoms with van der Waals surface area (Å²) in [6.07, 6.45) is 0. The van der Waals surface area contributed by atoms with Crippen molar-refractivity contribution >= 4 is 29.1 Å². The molecule has 2 N–H and O–H groups in total. The van der Waals surface area contributed by atoms with Crippen LogP contribution in [0.1, 0.15) is 0 Å². The van der Waals surface area contributed by atoms with Gasteiger partial charge in [0.2, 0.25) is 0 Å². The average molecular weight is 215 g/mol. The number of benzene rings is 1. The molecule has 0 fully saturated rings. The van der Waals surface area contributed by atoms with Crippen molar-refractivity contribution in [2.75, 3.05) is 12.8 Å². The Hall–Kier alpha value is -1.05. The molecule has 0 aliphatic rings. The molecular formula is C8H7ClN2OS. The normalized spacial score (nSPS) is 9.31. The highest BCUT2D eigenvalue weighted by Gasteiger charge is 2.06. The molecule has 0 aliphatic heterocycles. The first-order chi connectivity index (χ1) is 6.19. The lowest BCUT2D eigenvalue weighted by molar-refractivity contribution is 0.416. The zero-order chi connectivity index (χ0) is 9.84. The fraction of sp³-hybridized carbons (Fsp3) is 0.125. The SMILES string of the molecule is COc1cc(SC#N)c(Cl)cc1N. The van der Waals surface area contributed by atoms with Crippen LogP contribution in [-0.2, 0) is 0 Å². The van der Waals surface area contributed by atoms with Gasteiger partial charge in [0.25, 0.3) is 0 Å². The van der Waals surface area contributed by atoms with Crippen LogP contribution in [0, 0.1) is 10.7 Å². The molecule has 0 aromatic heterocycles. The molecule has 68 valence electrons. The van der Waals surface area contributed by atoms with Gasteiger partial charge in [-0.2, -0.15) is 5.26 Å². The predicted molar refractivity (Wildman–Crippen MR) is 53.9 cm³/mol. The number of nitriles is 1. The molecule has 0 atom stereocenters. The van der Waals surface area contributed by atoms with Gasteiger partial charge >= 0.3 is 0 Å². The first-order valence-corrected chi connectivity index (χ1v) is 4.57. The molecule has 0 saturated heterocycles. The molecule has 1 aromatic carbocycles. The number of hydrogen-bond donors (Lipinski definition) is 1. The van der Waals surface area contributed by atoms with Gasteiger partial charge in [-0.15, -0.1) is 0 Å². The van der Waals surface area contributed by atoms with Gasteiger partial charge in [0, 0.05) is 4.90 Å². The summed E-state index contributed by atoms with van der Waals surface area (Å²) in [5, 5.41) is 10.9. The van der Waals surface area contributed by atoms with E-state index in [2.05, 4.69) is 0 Å². The van der Waals surface area contributed by atoms with E-state index >= 15 is 0 Å². The highest BCUT2D eigenvalue weighted by Crippen LogP contribution is 2.34. The Bertz CT molecular complexity index is 362. The Balaban J connectivity index is 3.16. The second-order valence-corrected chi connectivity index (χ2v) is 3.45. The molecule has 0 aliphatic carbocycles. The molecule has 13 heavy (non-hydrogen) atoms. The number of ether oxygens (including phenoxy) is 1. The Kier molecular flexibility index (Phi) is 3.29. The topological polar surface area (TPSA) is 59.0 Å². The van der Waals surface area contributed by atoms with E-state index in [1.807, 2.05) is 5.40 Å². The molecule has 0 saturated carbocycles. The maximum absolute atomic E-state index is 8.46. The van der Waals surface area contributed by atoms with Crippen molar-refractivity contribution in [3.8, 4) is 11.2 Å². The van der Waals surface area contributed by atoms with Crippen LogP contribution in [0.4, 0.5) is 5.69 Å². The second kappa shape index (κ2) is 4.26. The van der Waals surface area contributed by atoms with Crippen LogP contribution in [-0.4, -0.2) is 7.11 Å². The Morgan fingerprint density at radius 2 is 2.31 bits per heavy atom. The lowest BCUT2D eigenvalue weighted by Gasteiger charge is -2.06. The molecule has 0 spiro atoms. The summed E-state index contributed by atoms with van der Waals surface area (Å²) < 4.78 is 4.98. The molecule has 0 unspecified atom stereocenters. The minimum Gasteiger partial charge on any atom is -0.495 e. The maximum Gasteiger partial charge on any atom is 0.142 e. The quantitative estimate of drug-likeness (QED) is 0.467. The number of anilines is 1. The number of rotatable bonds is 2. The van der Waals surface area contributed by atoms with Crippen molar-refractivity contribution in [3.63, 3.8) is 0 Å². The number of nitrogens with zero attached hydrogens (tertiary/aromatic N) is 1. The number of thioether (sulfide) groups is 1. The summed E-state index contributed by atoms with van der Waals surface area (Å²) in [5.41, 5.74) is 6.06. The fourth-order valence-electron chi connectivity index (χ4n) is 0.854. The lowest BCUT2D eigenvalue weighted by atomic mass is 10.3. The van der Waals surface area contributed by atoms with Crippen LogP contribution in [0.15, 0.2) is 17.0 Å². The van der Waals surface area contributed by atoms with Crippen molar-refractivity contribution in [2.45, 2.75) is 4.90 Å². The molecule has 5 heteroatoms. The van der Waals surface area contributed by atoms with Gasteiger partial charge in [-0.3, -0.25) is 0 Å². The standard InChI is InChI=1S/C8H7ClN2OS/c1-12-7-3-8(13-4-10)5(9)2-6(7)11/h2-3H,11H2,1H3. The van der Waals surface area contributed by atoms with Crippen molar-refractivity contribution < 1.29 is 4.74 Å². The van der Waals surface area contributed by atoms with Gasteiger partial charge in [-0.1, -0.05) is 11.6 Å². The third kappa shape index (κ3) is 2.20. The summed E-state index contributed by atoms with van der Waals surface area (Å²) in [6.45, 7) is 0. The molecule has 0 amide bonds. The Morgan fingerprint density at radius 3 is 2.85 bits per heavy atom. The molecule has 0 bridgehead atoms. The zero-order valence-corrected chi connectivity index (χ0v) is 8.45. The minimum atomic E-state index is 0.463. The van der Waals surface area contributed by atoms with E-state index in [1.165, 1.54) is 7.11 Å². The monoisotopic (exact) mass is 214 g/mol. The zero-order valence-electron chi connectivity index (χ0n) is 6.87. The highest BCUT2D eigenvalue weighted by atomic mass is 35.5. The van der Waals surface area contributed by atoms with Crippen LogP contribution in [0.3, 0.4) is 0 Å². The largest absolute Gasteiger partial charge is 0.495 e. The van der Waals surface area contributed by atoms with Crippen LogP contribution < -0.4 is 10.5 Å². The lowest BCUT2D eigenvalue weighted by Crippen LogP contribution is -1.92. The predicted octanol–water partition coefficient (Wildman–Crippen LogP) is 2.50. The molecule has 0 radical (unpaired) electrons. The summed E-state index contributed by atoms with van der Waals surface area (Å²) >= 11 is 6.81. The number of thiocyanates is 1. The smallest absolute Gasteiger partial charge is 0.142 e. The number of methoxy groups -OCH3 is 1. The second-order valence-electron chi connectivity index (χ2n) is 2.22. The van der Waals surface area contributed by atoms with Crippen molar-refractivity contribution in [1.29, 1.82) is 5.26 Å². The van der Waals surface area contributed by atoms with Gasteiger partial charge in [0.1, 0.15) is 11.2 Å². The molecule has 0 heterocycles. The number of nitrogens with two attached hydrogens (primary N) is 1. The summed E-state index contributed by atoms with van der Waals surface area (Å²) in [4.78, 5) is 0.648. The number of halogens is 1.